The average molecular weight is 595 g/mol. The molecule has 1 saturated heterocycles. The molecule has 9 heteroatoms. The number of ether oxygens (including phenoxy) is 2. The van der Waals surface area contributed by atoms with Gasteiger partial charge in [-0.15, -0.1) is 0 Å². The molecule has 44 heavy (non-hydrogen) atoms. The highest BCUT2D eigenvalue weighted by Crippen LogP contribution is 2.42. The van der Waals surface area contributed by atoms with Gasteiger partial charge in [-0.2, -0.15) is 0 Å². The third kappa shape index (κ3) is 5.46. The number of piperidine rings is 1. The van der Waals surface area contributed by atoms with Crippen molar-refractivity contribution in [3.8, 4) is 16.9 Å². The number of hydrogen-bond donors (Lipinski definition) is 2. The highest BCUT2D eigenvalue weighted by atomic mass is 16.5. The molecule has 3 aromatic carbocycles. The summed E-state index contributed by atoms with van der Waals surface area (Å²) in [4.78, 5) is 43.4. The number of methoxy groups -OCH3 is 1. The summed E-state index contributed by atoms with van der Waals surface area (Å²) in [7, 11) is 1.66. The fourth-order valence-corrected chi connectivity index (χ4v) is 6.84. The Hall–Kier alpha value is -4.21. The third-order valence-corrected chi connectivity index (χ3v) is 9.28. The average Bonchev–Trinajstić information content (AvgIpc) is 3.83. The summed E-state index contributed by atoms with van der Waals surface area (Å²) in [6, 6.07) is 20.4. The zero-order chi connectivity index (χ0) is 30.2. The number of nitrogens with zero attached hydrogens (tertiary/aromatic N) is 2. The first-order valence-electron chi connectivity index (χ1n) is 15.6. The topological polar surface area (TPSA) is 100 Å². The second-order valence-corrected chi connectivity index (χ2v) is 12.2. The number of hydrogen-bond acceptors (Lipinski definition) is 6. The standard InChI is InChI=1S/C35H38N4O5/c1-43-15-3-14-38-31-18-27(10-11-32(31)44-21-33(38)40)39(26-8-9-26)35(42)30-20-36-13-12-28(30)24-5-2-4-22(16-24)23-6-7-25-19-37-34(41)29(25)17-23/h2,4-7,10-11,16-18,26,28,30,36H,3,8-9,12-15,19-21H2,1H3,(H,37,41)/t28-,30+/m1/s1. The summed E-state index contributed by atoms with van der Waals surface area (Å²) in [5.74, 6) is 0.465. The van der Waals surface area contributed by atoms with Crippen LogP contribution in [0.1, 0.15) is 53.1 Å². The lowest BCUT2D eigenvalue weighted by molar-refractivity contribution is -0.123. The summed E-state index contributed by atoms with van der Waals surface area (Å²) in [5, 5.41) is 6.37. The van der Waals surface area contributed by atoms with Gasteiger partial charge in [0.05, 0.1) is 11.6 Å². The van der Waals surface area contributed by atoms with Crippen molar-refractivity contribution < 1.29 is 23.9 Å². The molecule has 0 spiro atoms. The molecule has 0 bridgehead atoms. The zero-order valence-corrected chi connectivity index (χ0v) is 25.0. The Morgan fingerprint density at radius 3 is 2.75 bits per heavy atom. The fraction of sp³-hybridized carbons (Fsp3) is 0.400. The maximum atomic E-state index is 14.5. The van der Waals surface area contributed by atoms with Gasteiger partial charge in [-0.05, 0) is 84.7 Å². The Bertz CT molecular complexity index is 1600. The van der Waals surface area contributed by atoms with Gasteiger partial charge in [0.25, 0.3) is 11.8 Å². The van der Waals surface area contributed by atoms with Gasteiger partial charge in [0, 0.05) is 50.6 Å². The lowest BCUT2D eigenvalue weighted by Crippen LogP contribution is -2.47. The molecule has 2 fully saturated rings. The quantitative estimate of drug-likeness (QED) is 0.360. The number of benzene rings is 3. The van der Waals surface area contributed by atoms with Crippen molar-refractivity contribution in [2.45, 2.75) is 44.2 Å². The maximum Gasteiger partial charge on any atom is 0.265 e. The second-order valence-electron chi connectivity index (χ2n) is 12.2. The molecule has 0 radical (unpaired) electrons. The largest absolute Gasteiger partial charge is 0.482 e. The van der Waals surface area contributed by atoms with E-state index in [2.05, 4.69) is 41.0 Å². The minimum absolute atomic E-state index is 0.0116. The van der Waals surface area contributed by atoms with Crippen molar-refractivity contribution in [3.63, 3.8) is 0 Å². The Kier molecular flexibility index (Phi) is 7.82. The molecule has 0 aromatic heterocycles. The highest BCUT2D eigenvalue weighted by molar-refractivity contribution is 6.01. The van der Waals surface area contributed by atoms with Crippen molar-refractivity contribution >= 4 is 29.1 Å². The van der Waals surface area contributed by atoms with Crippen LogP contribution in [0.3, 0.4) is 0 Å². The molecule has 1 aliphatic carbocycles. The van der Waals surface area contributed by atoms with Gasteiger partial charge in [-0.3, -0.25) is 14.4 Å². The molecule has 0 unspecified atom stereocenters. The maximum absolute atomic E-state index is 14.5. The van der Waals surface area contributed by atoms with Gasteiger partial charge in [0.1, 0.15) is 5.75 Å². The number of carbonyl (C=O) groups is 3. The number of fused-ring (bicyclic) bond motifs is 2. The number of carbonyl (C=O) groups excluding carboxylic acids is 3. The van der Waals surface area contributed by atoms with Crippen LogP contribution in [-0.2, 0) is 20.9 Å². The predicted octanol–water partition coefficient (Wildman–Crippen LogP) is 4.25. The van der Waals surface area contributed by atoms with Crippen molar-refractivity contribution in [2.24, 2.45) is 5.92 Å². The van der Waals surface area contributed by atoms with Crippen LogP contribution in [0.2, 0.25) is 0 Å². The van der Waals surface area contributed by atoms with Gasteiger partial charge in [0.2, 0.25) is 5.91 Å². The molecule has 7 rings (SSSR count). The molecule has 228 valence electrons. The van der Waals surface area contributed by atoms with Crippen molar-refractivity contribution in [1.29, 1.82) is 0 Å². The van der Waals surface area contributed by atoms with Crippen LogP contribution in [0.4, 0.5) is 11.4 Å². The summed E-state index contributed by atoms with van der Waals surface area (Å²) in [5.41, 5.74) is 6.45. The fourth-order valence-electron chi connectivity index (χ4n) is 6.84. The van der Waals surface area contributed by atoms with E-state index in [1.807, 2.05) is 35.2 Å². The third-order valence-electron chi connectivity index (χ3n) is 9.28. The van der Waals surface area contributed by atoms with Crippen LogP contribution >= 0.6 is 0 Å². The summed E-state index contributed by atoms with van der Waals surface area (Å²) < 4.78 is 11.0. The molecule has 3 aliphatic heterocycles. The van der Waals surface area contributed by atoms with Crippen LogP contribution in [0, 0.1) is 5.92 Å². The van der Waals surface area contributed by atoms with Crippen LogP contribution in [0.25, 0.3) is 11.1 Å². The van der Waals surface area contributed by atoms with Gasteiger partial charge in [-0.1, -0.05) is 36.4 Å². The normalized spacial score (nSPS) is 20.9. The Morgan fingerprint density at radius 1 is 1.05 bits per heavy atom. The van der Waals surface area contributed by atoms with E-state index in [1.165, 1.54) is 0 Å². The Morgan fingerprint density at radius 2 is 1.91 bits per heavy atom. The Balaban J connectivity index is 1.18. The molecule has 1 saturated carbocycles. The van der Waals surface area contributed by atoms with E-state index in [0.29, 0.717) is 44.1 Å². The monoisotopic (exact) mass is 594 g/mol. The van der Waals surface area contributed by atoms with E-state index in [1.54, 1.807) is 12.0 Å². The summed E-state index contributed by atoms with van der Waals surface area (Å²) >= 11 is 0. The van der Waals surface area contributed by atoms with E-state index >= 15 is 0 Å². The molecule has 2 atom stereocenters. The molecule has 3 amide bonds. The first-order valence-corrected chi connectivity index (χ1v) is 15.6. The van der Waals surface area contributed by atoms with E-state index in [4.69, 9.17) is 9.47 Å². The molecule has 3 heterocycles. The molecule has 3 aromatic rings. The number of anilines is 2. The minimum atomic E-state index is -0.239. The van der Waals surface area contributed by atoms with Crippen LogP contribution in [-0.4, -0.2) is 63.7 Å². The first kappa shape index (κ1) is 28.6. The van der Waals surface area contributed by atoms with Crippen LogP contribution in [0.15, 0.2) is 60.7 Å². The van der Waals surface area contributed by atoms with Gasteiger partial charge in [-0.25, -0.2) is 0 Å². The molecular weight excluding hydrogens is 556 g/mol. The number of amides is 3. The number of nitrogens with one attached hydrogen (secondary N) is 2. The lowest BCUT2D eigenvalue weighted by Gasteiger charge is -2.36. The first-order chi connectivity index (χ1) is 21.5. The zero-order valence-electron chi connectivity index (χ0n) is 25.0. The second kappa shape index (κ2) is 12.1. The van der Waals surface area contributed by atoms with Crippen molar-refractivity contribution in [2.75, 3.05) is 49.8 Å². The summed E-state index contributed by atoms with van der Waals surface area (Å²) in [6.45, 7) is 3.12. The van der Waals surface area contributed by atoms with Gasteiger partial charge in [0.15, 0.2) is 6.61 Å². The van der Waals surface area contributed by atoms with E-state index in [9.17, 15) is 14.4 Å². The summed E-state index contributed by atoms with van der Waals surface area (Å²) in [6.07, 6.45) is 3.49. The van der Waals surface area contributed by atoms with Crippen molar-refractivity contribution in [1.82, 2.24) is 10.6 Å². The SMILES string of the molecule is COCCCN1C(=O)COc2ccc(N(C(=O)[C@H]3CNCC[C@@H]3c3cccc(-c4ccc5c(c4)C(=O)NC5)c3)C3CC3)cc21. The van der Waals surface area contributed by atoms with E-state index in [0.717, 1.165) is 59.3 Å². The molecule has 2 N–H and O–H groups in total. The van der Waals surface area contributed by atoms with Gasteiger partial charge < -0.3 is 29.9 Å². The van der Waals surface area contributed by atoms with E-state index in [-0.39, 0.29) is 42.2 Å². The molecule has 9 nitrogen and oxygen atoms in total. The van der Waals surface area contributed by atoms with Gasteiger partial charge >= 0.3 is 0 Å². The van der Waals surface area contributed by atoms with E-state index < -0.39 is 0 Å². The molecular formula is C35H38N4O5. The highest BCUT2D eigenvalue weighted by Gasteiger charge is 2.41. The van der Waals surface area contributed by atoms with Crippen molar-refractivity contribution in [3.05, 3.63) is 77.4 Å². The van der Waals surface area contributed by atoms with Crippen LogP contribution in [0.5, 0.6) is 5.75 Å². The van der Waals surface area contributed by atoms with Crippen LogP contribution < -0.4 is 25.2 Å². The number of rotatable bonds is 9. The molecule has 4 aliphatic rings. The smallest absolute Gasteiger partial charge is 0.265 e. The predicted molar refractivity (Wildman–Crippen MR) is 168 cm³/mol. The lowest BCUT2D eigenvalue weighted by atomic mass is 9.79. The minimum Gasteiger partial charge on any atom is -0.482 e. The Labute approximate surface area is 257 Å².